The highest BCUT2D eigenvalue weighted by atomic mass is 35.5. The molecule has 0 aliphatic carbocycles. The Kier molecular flexibility index (Phi) is 5.30. The van der Waals surface area contributed by atoms with Crippen molar-refractivity contribution < 1.29 is 18.6 Å². The summed E-state index contributed by atoms with van der Waals surface area (Å²) in [6, 6.07) is 2.57. The number of nitrogens with one attached hydrogen (secondary N) is 1. The summed E-state index contributed by atoms with van der Waals surface area (Å²) >= 11 is 7.70. The van der Waals surface area contributed by atoms with E-state index in [1.165, 1.54) is 16.0 Å². The number of ether oxygens (including phenoxy) is 1. The Bertz CT molecular complexity index is 1120. The lowest BCUT2D eigenvalue weighted by molar-refractivity contribution is -0.129. The van der Waals surface area contributed by atoms with Crippen LogP contribution < -0.4 is 5.32 Å². The number of aliphatic hydroxyl groups excluding tert-OH is 1. The van der Waals surface area contributed by atoms with E-state index in [-0.39, 0.29) is 30.9 Å². The van der Waals surface area contributed by atoms with Crippen molar-refractivity contribution in [2.24, 2.45) is 0 Å². The van der Waals surface area contributed by atoms with Gasteiger partial charge in [0.15, 0.2) is 0 Å². The Morgan fingerprint density at radius 1 is 1.39 bits per heavy atom. The lowest BCUT2D eigenvalue weighted by Crippen LogP contribution is -2.50. The first-order chi connectivity index (χ1) is 14.8. The summed E-state index contributed by atoms with van der Waals surface area (Å²) in [7, 11) is 0. The number of hydrogen-bond donors (Lipinski definition) is 2. The Morgan fingerprint density at radius 3 is 3.03 bits per heavy atom. The zero-order chi connectivity index (χ0) is 21.8. The molecular formula is C20H20ClF2N5O2S. The Morgan fingerprint density at radius 2 is 2.23 bits per heavy atom. The summed E-state index contributed by atoms with van der Waals surface area (Å²) in [5.41, 5.74) is 1.03. The molecule has 3 aromatic rings. The van der Waals surface area contributed by atoms with Crippen LogP contribution in [0.4, 0.5) is 8.78 Å². The fraction of sp³-hybridized carbons (Fsp3) is 0.450. The first-order valence-electron chi connectivity index (χ1n) is 9.91. The molecular weight excluding hydrogens is 448 g/mol. The van der Waals surface area contributed by atoms with E-state index < -0.39 is 23.3 Å². The van der Waals surface area contributed by atoms with Crippen molar-refractivity contribution in [3.05, 3.63) is 62.3 Å². The smallest absolute Gasteiger partial charge is 0.149 e. The van der Waals surface area contributed by atoms with Gasteiger partial charge in [-0.2, -0.15) is 0 Å². The van der Waals surface area contributed by atoms with Crippen LogP contribution in [0.25, 0.3) is 0 Å². The van der Waals surface area contributed by atoms with Crippen LogP contribution in [-0.2, 0) is 16.9 Å². The number of pyridine rings is 1. The van der Waals surface area contributed by atoms with E-state index in [1.807, 2.05) is 6.07 Å². The number of nitrogens with zero attached hydrogens (tertiary/aromatic N) is 4. The minimum absolute atomic E-state index is 0.0416. The van der Waals surface area contributed by atoms with Crippen molar-refractivity contribution in [3.8, 4) is 0 Å². The van der Waals surface area contributed by atoms with Crippen molar-refractivity contribution in [3.63, 3.8) is 0 Å². The second-order valence-corrected chi connectivity index (χ2v) is 9.79. The third kappa shape index (κ3) is 3.87. The van der Waals surface area contributed by atoms with Crippen LogP contribution in [0.5, 0.6) is 0 Å². The molecule has 31 heavy (non-hydrogen) atoms. The van der Waals surface area contributed by atoms with Gasteiger partial charge in [0.2, 0.25) is 0 Å². The molecule has 2 aliphatic heterocycles. The molecule has 0 saturated carbocycles. The Balaban J connectivity index is 1.41. The molecule has 0 amide bonds. The second kappa shape index (κ2) is 7.86. The molecule has 164 valence electrons. The molecule has 3 aromatic heterocycles. The zero-order valence-electron chi connectivity index (χ0n) is 16.6. The molecule has 1 spiro atoms. The normalized spacial score (nSPS) is 28.1. The van der Waals surface area contributed by atoms with Crippen LogP contribution in [0.3, 0.4) is 0 Å². The van der Waals surface area contributed by atoms with Gasteiger partial charge < -0.3 is 15.2 Å². The first-order valence-corrected chi connectivity index (χ1v) is 11.1. The predicted octanol–water partition coefficient (Wildman–Crippen LogP) is 3.49. The van der Waals surface area contributed by atoms with Crippen molar-refractivity contribution in [2.75, 3.05) is 6.61 Å². The number of hydrogen-bond acceptors (Lipinski definition) is 7. The Labute approximate surface area is 186 Å². The molecule has 7 nitrogen and oxygen atoms in total. The largest absolute Gasteiger partial charge is 0.386 e. The minimum atomic E-state index is -0.725. The molecule has 5 heterocycles. The summed E-state index contributed by atoms with van der Waals surface area (Å²) < 4.78 is 35.4. The number of fused-ring (bicyclic) bond motifs is 2. The molecule has 0 bridgehead atoms. The molecule has 4 atom stereocenters. The number of aromatic nitrogens is 4. The molecule has 0 radical (unpaired) electrons. The monoisotopic (exact) mass is 467 g/mol. The van der Waals surface area contributed by atoms with E-state index in [1.54, 1.807) is 6.20 Å². The Hall–Kier alpha value is -1.98. The van der Waals surface area contributed by atoms with E-state index in [4.69, 9.17) is 16.3 Å². The van der Waals surface area contributed by atoms with E-state index in [0.29, 0.717) is 16.5 Å². The number of piperidine rings is 1. The van der Waals surface area contributed by atoms with Gasteiger partial charge in [-0.15, -0.1) is 16.4 Å². The lowest BCUT2D eigenvalue weighted by atomic mass is 9.79. The topological polar surface area (TPSA) is 85.1 Å². The average molecular weight is 468 g/mol. The number of thiophene rings is 1. The summed E-state index contributed by atoms with van der Waals surface area (Å²) in [5.74, 6) is -1.45. The first kappa shape index (κ1) is 20.9. The predicted molar refractivity (Wildman–Crippen MR) is 110 cm³/mol. The highest BCUT2D eigenvalue weighted by Gasteiger charge is 2.48. The van der Waals surface area contributed by atoms with Crippen LogP contribution in [-0.4, -0.2) is 37.7 Å². The lowest BCUT2D eigenvalue weighted by Gasteiger charge is -2.46. The summed E-state index contributed by atoms with van der Waals surface area (Å²) in [6.45, 7) is 2.32. The maximum atomic E-state index is 13.9. The average Bonchev–Trinajstić information content (AvgIpc) is 3.34. The summed E-state index contributed by atoms with van der Waals surface area (Å²) in [6.07, 6.45) is 3.35. The number of halogens is 3. The zero-order valence-corrected chi connectivity index (χ0v) is 18.1. The van der Waals surface area contributed by atoms with Gasteiger partial charge in [-0.25, -0.2) is 13.5 Å². The van der Waals surface area contributed by atoms with Crippen LogP contribution >= 0.6 is 22.9 Å². The highest BCUT2D eigenvalue weighted by Crippen LogP contribution is 2.51. The van der Waals surface area contributed by atoms with Crippen LogP contribution in [0.15, 0.2) is 24.5 Å². The van der Waals surface area contributed by atoms with Crippen LogP contribution in [0, 0.1) is 11.6 Å². The van der Waals surface area contributed by atoms with Gasteiger partial charge in [0.05, 0.1) is 47.3 Å². The van der Waals surface area contributed by atoms with E-state index in [2.05, 4.69) is 27.5 Å². The molecule has 1 saturated heterocycles. The summed E-state index contributed by atoms with van der Waals surface area (Å²) in [5, 5.41) is 22.2. The van der Waals surface area contributed by atoms with Crippen LogP contribution in [0.2, 0.25) is 4.34 Å². The minimum Gasteiger partial charge on any atom is -0.386 e. The maximum absolute atomic E-state index is 13.9. The summed E-state index contributed by atoms with van der Waals surface area (Å²) in [4.78, 5) is 4.76. The maximum Gasteiger partial charge on any atom is 0.149 e. The molecule has 2 aliphatic rings. The van der Waals surface area contributed by atoms with Gasteiger partial charge in [0, 0.05) is 29.0 Å². The standard InChI is InChI=1S/C20H20ClF2N5O2S/c1-10-4-20(19-12(3-18(21)31-19)17(29)9-30-20)5-14(25-10)16-8-28(27-26-16)7-15-13(23)2-11(22)6-24-15/h2-3,6,8,10,14,17,25,29H,4-5,7,9H2,1H3/t10-,14-,17+,20-/m0/s1. The molecule has 0 aromatic carbocycles. The van der Waals surface area contributed by atoms with Gasteiger partial charge >= 0.3 is 0 Å². The number of rotatable bonds is 3. The number of aliphatic hydroxyl groups is 1. The van der Waals surface area contributed by atoms with Crippen molar-refractivity contribution >= 4 is 22.9 Å². The highest BCUT2D eigenvalue weighted by molar-refractivity contribution is 7.16. The third-order valence-corrected chi connectivity index (χ3v) is 7.25. The van der Waals surface area contributed by atoms with Crippen molar-refractivity contribution in [1.82, 2.24) is 25.3 Å². The molecule has 1 fully saturated rings. The molecule has 2 N–H and O–H groups in total. The van der Waals surface area contributed by atoms with Crippen molar-refractivity contribution in [1.29, 1.82) is 0 Å². The van der Waals surface area contributed by atoms with Gasteiger partial charge in [-0.05, 0) is 19.4 Å². The molecule has 11 heteroatoms. The van der Waals surface area contributed by atoms with Gasteiger partial charge in [0.25, 0.3) is 0 Å². The quantitative estimate of drug-likeness (QED) is 0.613. The fourth-order valence-electron chi connectivity index (χ4n) is 4.50. The van der Waals surface area contributed by atoms with Gasteiger partial charge in [-0.1, -0.05) is 16.8 Å². The van der Waals surface area contributed by atoms with E-state index in [9.17, 15) is 13.9 Å². The van der Waals surface area contributed by atoms with E-state index in [0.717, 1.165) is 29.1 Å². The molecule has 0 unspecified atom stereocenters. The van der Waals surface area contributed by atoms with Gasteiger partial charge in [0.1, 0.15) is 23.3 Å². The third-order valence-electron chi connectivity index (χ3n) is 5.79. The fourth-order valence-corrected chi connectivity index (χ4v) is 5.95. The second-order valence-electron chi connectivity index (χ2n) is 8.11. The SMILES string of the molecule is C[C@H]1C[C@@]2(C[C@@H](c3cn(Cc4ncc(F)cc4F)nn3)N1)OC[C@@H](O)c1cc(Cl)sc12. The van der Waals surface area contributed by atoms with Crippen LogP contribution in [0.1, 0.15) is 53.7 Å². The molecule has 5 rings (SSSR count). The van der Waals surface area contributed by atoms with E-state index >= 15 is 0 Å². The van der Waals surface area contributed by atoms with Crippen molar-refractivity contribution in [2.45, 2.75) is 50.1 Å². The van der Waals surface area contributed by atoms with Gasteiger partial charge in [-0.3, -0.25) is 4.98 Å².